The van der Waals surface area contributed by atoms with E-state index >= 15 is 0 Å². The molecule has 1 saturated heterocycles. The molecule has 1 heterocycles. The predicted octanol–water partition coefficient (Wildman–Crippen LogP) is 4.04. The van der Waals surface area contributed by atoms with E-state index in [1.807, 2.05) is 25.7 Å². The van der Waals surface area contributed by atoms with E-state index in [0.717, 1.165) is 26.2 Å². The van der Waals surface area contributed by atoms with Gasteiger partial charge in [-0.05, 0) is 68.3 Å². The van der Waals surface area contributed by atoms with Crippen molar-refractivity contribution in [3.8, 4) is 0 Å². The molecule has 5 heteroatoms. The Bertz CT molecular complexity index is 569. The molecule has 1 atom stereocenters. The minimum atomic E-state index is -0.439. The van der Waals surface area contributed by atoms with Crippen molar-refractivity contribution in [3.63, 3.8) is 0 Å². The van der Waals surface area contributed by atoms with Crippen LogP contribution < -0.4 is 0 Å². The number of piperazine rings is 1. The average Bonchev–Trinajstić information content (AvgIpc) is 2.42. The lowest BCUT2D eigenvalue weighted by molar-refractivity contribution is 0.000539. The van der Waals surface area contributed by atoms with Gasteiger partial charge in [-0.15, -0.1) is 0 Å². The van der Waals surface area contributed by atoms with Gasteiger partial charge in [-0.25, -0.2) is 4.79 Å². The molecule has 23 heavy (non-hydrogen) atoms. The van der Waals surface area contributed by atoms with Gasteiger partial charge in [0.15, 0.2) is 0 Å². The lowest BCUT2D eigenvalue weighted by Gasteiger charge is -2.40. The van der Waals surface area contributed by atoms with Crippen LogP contribution in [0, 0.1) is 10.5 Å². The van der Waals surface area contributed by atoms with Gasteiger partial charge in [-0.2, -0.15) is 0 Å². The summed E-state index contributed by atoms with van der Waals surface area (Å²) < 4.78 is 6.84. The third-order valence-corrected chi connectivity index (χ3v) is 5.55. The Hall–Kier alpha value is -0.820. The molecule has 1 amide bonds. The fraction of sp³-hybridized carbons (Fsp3) is 0.611. The molecule has 0 spiro atoms. The summed E-state index contributed by atoms with van der Waals surface area (Å²) in [6, 6.07) is 6.63. The average molecular weight is 430 g/mol. The van der Waals surface area contributed by atoms with E-state index in [0.29, 0.717) is 0 Å². The fourth-order valence-corrected chi connectivity index (χ4v) is 3.37. The maximum Gasteiger partial charge on any atom is 0.410 e. The summed E-state index contributed by atoms with van der Waals surface area (Å²) in [5.74, 6) is 0. The molecule has 128 valence electrons. The zero-order valence-electron chi connectivity index (χ0n) is 14.7. The highest BCUT2D eigenvalue weighted by Gasteiger charge is 2.30. The van der Waals surface area contributed by atoms with Crippen molar-refractivity contribution in [2.75, 3.05) is 19.6 Å². The molecule has 1 aliphatic rings. The van der Waals surface area contributed by atoms with E-state index in [9.17, 15) is 4.79 Å². The number of hydrogen-bond acceptors (Lipinski definition) is 3. The molecular weight excluding hydrogens is 403 g/mol. The Labute approximate surface area is 153 Å². The van der Waals surface area contributed by atoms with Crippen LogP contribution in [-0.2, 0) is 11.3 Å². The van der Waals surface area contributed by atoms with Crippen LogP contribution in [0.1, 0.15) is 38.8 Å². The van der Waals surface area contributed by atoms with E-state index in [1.165, 1.54) is 14.7 Å². The van der Waals surface area contributed by atoms with Crippen molar-refractivity contribution in [2.45, 2.75) is 52.8 Å². The molecule has 1 aromatic rings. The summed E-state index contributed by atoms with van der Waals surface area (Å²) in [5, 5.41) is 0. The monoisotopic (exact) mass is 430 g/mol. The van der Waals surface area contributed by atoms with Crippen LogP contribution in [-0.4, -0.2) is 47.2 Å². The molecule has 4 nitrogen and oxygen atoms in total. The van der Waals surface area contributed by atoms with Crippen molar-refractivity contribution < 1.29 is 9.53 Å². The number of carbonyl (C=O) groups excluding carboxylic acids is 1. The van der Waals surface area contributed by atoms with Gasteiger partial charge in [0, 0.05) is 35.8 Å². The first-order valence-corrected chi connectivity index (χ1v) is 9.21. The highest BCUT2D eigenvalue weighted by atomic mass is 127. The molecule has 2 rings (SSSR count). The largest absolute Gasteiger partial charge is 0.444 e. The van der Waals surface area contributed by atoms with Crippen LogP contribution >= 0.6 is 22.6 Å². The van der Waals surface area contributed by atoms with Crippen molar-refractivity contribution in [3.05, 3.63) is 32.9 Å². The number of amides is 1. The normalized spacial score (nSPS) is 19.7. The first-order chi connectivity index (χ1) is 10.7. The van der Waals surface area contributed by atoms with E-state index in [-0.39, 0.29) is 12.1 Å². The quantitative estimate of drug-likeness (QED) is 0.664. The Balaban J connectivity index is 1.96. The lowest BCUT2D eigenvalue weighted by Crippen LogP contribution is -2.54. The Morgan fingerprint density at radius 2 is 2.04 bits per heavy atom. The number of benzene rings is 1. The van der Waals surface area contributed by atoms with Crippen LogP contribution in [0.3, 0.4) is 0 Å². The summed E-state index contributed by atoms with van der Waals surface area (Å²) in [4.78, 5) is 16.5. The smallest absolute Gasteiger partial charge is 0.410 e. The van der Waals surface area contributed by atoms with Crippen LogP contribution in [0.4, 0.5) is 4.79 Å². The molecule has 0 saturated carbocycles. The van der Waals surface area contributed by atoms with Gasteiger partial charge in [0.1, 0.15) is 5.60 Å². The zero-order valence-corrected chi connectivity index (χ0v) is 16.9. The number of nitrogens with zero attached hydrogens (tertiary/aromatic N) is 2. The van der Waals surface area contributed by atoms with E-state index in [4.69, 9.17) is 4.74 Å². The first-order valence-electron chi connectivity index (χ1n) is 8.13. The number of rotatable bonds is 2. The number of halogens is 1. The van der Waals surface area contributed by atoms with Crippen molar-refractivity contribution in [1.29, 1.82) is 0 Å². The summed E-state index contributed by atoms with van der Waals surface area (Å²) in [6.07, 6.45) is -0.199. The van der Waals surface area contributed by atoms with E-state index in [1.54, 1.807) is 0 Å². The lowest BCUT2D eigenvalue weighted by atomic mass is 10.1. The van der Waals surface area contributed by atoms with Gasteiger partial charge in [0.05, 0.1) is 0 Å². The van der Waals surface area contributed by atoms with Gasteiger partial charge in [-0.3, -0.25) is 4.90 Å². The second-order valence-electron chi connectivity index (χ2n) is 7.31. The second kappa shape index (κ2) is 7.38. The molecule has 0 unspecified atom stereocenters. The summed E-state index contributed by atoms with van der Waals surface area (Å²) in [6.45, 7) is 13.4. The third-order valence-electron chi connectivity index (χ3n) is 4.01. The predicted molar refractivity (Wildman–Crippen MR) is 102 cm³/mol. The molecular formula is C18H27IN2O2. The molecule has 1 aliphatic heterocycles. The van der Waals surface area contributed by atoms with Crippen LogP contribution in [0.5, 0.6) is 0 Å². The summed E-state index contributed by atoms with van der Waals surface area (Å²) in [5.41, 5.74) is 2.25. The first kappa shape index (κ1) is 18.5. The fourth-order valence-electron chi connectivity index (χ4n) is 2.84. The Morgan fingerprint density at radius 1 is 1.35 bits per heavy atom. The molecule has 0 bridgehead atoms. The number of ether oxygens (including phenoxy) is 1. The summed E-state index contributed by atoms with van der Waals surface area (Å²) in [7, 11) is 0. The minimum Gasteiger partial charge on any atom is -0.444 e. The Morgan fingerprint density at radius 3 is 2.65 bits per heavy atom. The van der Waals surface area contributed by atoms with E-state index < -0.39 is 5.60 Å². The molecule has 0 N–H and O–H groups in total. The van der Waals surface area contributed by atoms with Gasteiger partial charge < -0.3 is 9.64 Å². The van der Waals surface area contributed by atoms with Gasteiger partial charge in [0.25, 0.3) is 0 Å². The second-order valence-corrected chi connectivity index (χ2v) is 8.38. The highest BCUT2D eigenvalue weighted by Crippen LogP contribution is 2.21. The van der Waals surface area contributed by atoms with Gasteiger partial charge >= 0.3 is 6.09 Å². The Kier molecular flexibility index (Phi) is 5.94. The minimum absolute atomic E-state index is 0.168. The SMILES string of the molecule is Cc1cccc(CN2CCN(C(=O)OC(C)(C)C)[C@H](C)C2)c1I. The van der Waals surface area contributed by atoms with Crippen LogP contribution in [0.25, 0.3) is 0 Å². The number of aryl methyl sites for hydroxylation is 1. The topological polar surface area (TPSA) is 32.8 Å². The highest BCUT2D eigenvalue weighted by molar-refractivity contribution is 14.1. The number of carbonyl (C=O) groups is 1. The van der Waals surface area contributed by atoms with Crippen molar-refractivity contribution in [2.24, 2.45) is 0 Å². The number of hydrogen-bond donors (Lipinski definition) is 0. The van der Waals surface area contributed by atoms with Crippen LogP contribution in [0.2, 0.25) is 0 Å². The molecule has 1 fully saturated rings. The maximum atomic E-state index is 12.3. The van der Waals surface area contributed by atoms with Crippen molar-refractivity contribution in [1.82, 2.24) is 9.80 Å². The maximum absolute atomic E-state index is 12.3. The zero-order chi connectivity index (χ0) is 17.2. The van der Waals surface area contributed by atoms with E-state index in [2.05, 4.69) is 59.5 Å². The van der Waals surface area contributed by atoms with Crippen LogP contribution in [0.15, 0.2) is 18.2 Å². The molecule has 0 radical (unpaired) electrons. The molecule has 0 aliphatic carbocycles. The summed E-state index contributed by atoms with van der Waals surface area (Å²) >= 11 is 2.42. The van der Waals surface area contributed by atoms with Gasteiger partial charge in [0.2, 0.25) is 0 Å². The molecule has 1 aromatic carbocycles. The third kappa shape index (κ3) is 5.08. The van der Waals surface area contributed by atoms with Crippen molar-refractivity contribution >= 4 is 28.7 Å². The standard InChI is InChI=1S/C18H27IN2O2/c1-13-7-6-8-15(16(13)19)12-20-9-10-21(14(2)11-20)17(22)23-18(3,4)5/h6-8,14H,9-12H2,1-5H3/t14-/m1/s1. The van der Waals surface area contributed by atoms with Gasteiger partial charge in [-0.1, -0.05) is 18.2 Å². The molecule has 0 aromatic heterocycles.